The average molecular weight is 296 g/mol. The van der Waals surface area contributed by atoms with Gasteiger partial charge in [-0.3, -0.25) is 9.59 Å². The molecule has 2 saturated heterocycles. The fraction of sp³-hybridized carbons (Fsp3) is 0.867. The van der Waals surface area contributed by atoms with E-state index in [4.69, 9.17) is 0 Å². The molecule has 0 aromatic carbocycles. The number of piperidine rings is 1. The second-order valence-electron chi connectivity index (χ2n) is 6.46. The Balaban J connectivity index is 1.87. The molecule has 2 fully saturated rings. The zero-order valence-electron chi connectivity index (χ0n) is 13.5. The van der Waals surface area contributed by atoms with Crippen LogP contribution >= 0.6 is 0 Å². The van der Waals surface area contributed by atoms with Crippen LogP contribution in [0.5, 0.6) is 0 Å². The van der Waals surface area contributed by atoms with Crippen molar-refractivity contribution < 1.29 is 9.59 Å². The highest BCUT2D eigenvalue weighted by atomic mass is 16.2. The summed E-state index contributed by atoms with van der Waals surface area (Å²) in [5.41, 5.74) is 0. The molecule has 2 rings (SSSR count). The predicted molar refractivity (Wildman–Crippen MR) is 81.9 cm³/mol. The fourth-order valence-corrected chi connectivity index (χ4v) is 3.15. The highest BCUT2D eigenvalue weighted by molar-refractivity contribution is 5.89. The van der Waals surface area contributed by atoms with E-state index in [1.807, 2.05) is 30.9 Å². The first kappa shape index (κ1) is 16.2. The van der Waals surface area contributed by atoms with Crippen molar-refractivity contribution in [1.29, 1.82) is 0 Å². The molecule has 1 N–H and O–H groups in total. The Kier molecular flexibility index (Phi) is 5.58. The van der Waals surface area contributed by atoms with Crippen molar-refractivity contribution in [3.63, 3.8) is 0 Å². The van der Waals surface area contributed by atoms with Gasteiger partial charge < -0.3 is 20.0 Å². The maximum Gasteiger partial charge on any atom is 0.228 e. The van der Waals surface area contributed by atoms with Gasteiger partial charge in [0.25, 0.3) is 0 Å². The Morgan fingerprint density at radius 2 is 2.14 bits per heavy atom. The molecule has 120 valence electrons. The highest BCUT2D eigenvalue weighted by Crippen LogP contribution is 2.22. The van der Waals surface area contributed by atoms with Gasteiger partial charge in [0.05, 0.1) is 5.92 Å². The van der Waals surface area contributed by atoms with Crippen molar-refractivity contribution in [3.05, 3.63) is 0 Å². The minimum atomic E-state index is -0.143. The lowest BCUT2D eigenvalue weighted by Crippen LogP contribution is -2.49. The molecular formula is C15H28N4O2. The quantitative estimate of drug-likeness (QED) is 0.750. The van der Waals surface area contributed by atoms with Crippen molar-refractivity contribution in [3.8, 4) is 0 Å². The normalized spacial score (nSPS) is 26.8. The molecule has 2 heterocycles. The Morgan fingerprint density at radius 3 is 2.81 bits per heavy atom. The molecule has 2 aliphatic heterocycles. The maximum atomic E-state index is 12.6. The van der Waals surface area contributed by atoms with E-state index in [0.29, 0.717) is 19.0 Å². The SMILES string of the molecule is CNC1CCCN(C(=O)C2CC(=O)N(CCN(C)C)C2)C1. The van der Waals surface area contributed by atoms with E-state index >= 15 is 0 Å². The summed E-state index contributed by atoms with van der Waals surface area (Å²) < 4.78 is 0. The van der Waals surface area contributed by atoms with Crippen LogP contribution in [0.25, 0.3) is 0 Å². The summed E-state index contributed by atoms with van der Waals surface area (Å²) in [7, 11) is 5.93. The van der Waals surface area contributed by atoms with Gasteiger partial charge in [-0.15, -0.1) is 0 Å². The Morgan fingerprint density at radius 1 is 1.38 bits per heavy atom. The van der Waals surface area contributed by atoms with Crippen LogP contribution in [-0.2, 0) is 9.59 Å². The fourth-order valence-electron chi connectivity index (χ4n) is 3.15. The van der Waals surface area contributed by atoms with Crippen molar-refractivity contribution in [2.24, 2.45) is 5.92 Å². The minimum absolute atomic E-state index is 0.123. The van der Waals surface area contributed by atoms with Crippen LogP contribution in [0.2, 0.25) is 0 Å². The summed E-state index contributed by atoms with van der Waals surface area (Å²) in [4.78, 5) is 30.5. The molecule has 21 heavy (non-hydrogen) atoms. The molecule has 0 aromatic rings. The van der Waals surface area contributed by atoms with Crippen molar-refractivity contribution in [1.82, 2.24) is 20.0 Å². The van der Waals surface area contributed by atoms with Crippen LogP contribution < -0.4 is 5.32 Å². The van der Waals surface area contributed by atoms with E-state index in [9.17, 15) is 9.59 Å². The molecule has 0 aromatic heterocycles. The largest absolute Gasteiger partial charge is 0.341 e. The lowest BCUT2D eigenvalue weighted by atomic mass is 10.0. The van der Waals surface area contributed by atoms with E-state index < -0.39 is 0 Å². The van der Waals surface area contributed by atoms with Gasteiger partial charge in [-0.25, -0.2) is 0 Å². The summed E-state index contributed by atoms with van der Waals surface area (Å²) in [5.74, 6) is 0.142. The summed E-state index contributed by atoms with van der Waals surface area (Å²) in [6, 6.07) is 0.393. The lowest BCUT2D eigenvalue weighted by Gasteiger charge is -2.34. The zero-order chi connectivity index (χ0) is 15.4. The van der Waals surface area contributed by atoms with Crippen LogP contribution in [0.3, 0.4) is 0 Å². The molecule has 2 amide bonds. The van der Waals surface area contributed by atoms with E-state index in [1.54, 1.807) is 0 Å². The monoisotopic (exact) mass is 296 g/mol. The number of nitrogens with zero attached hydrogens (tertiary/aromatic N) is 3. The number of hydrogen-bond acceptors (Lipinski definition) is 4. The number of likely N-dealkylation sites (tertiary alicyclic amines) is 2. The van der Waals surface area contributed by atoms with Gasteiger partial charge in [0.1, 0.15) is 0 Å². The molecule has 6 nitrogen and oxygen atoms in total. The second-order valence-corrected chi connectivity index (χ2v) is 6.46. The number of hydrogen-bond donors (Lipinski definition) is 1. The lowest BCUT2D eigenvalue weighted by molar-refractivity contribution is -0.137. The van der Waals surface area contributed by atoms with Crippen molar-refractivity contribution in [2.75, 3.05) is 53.9 Å². The molecule has 0 saturated carbocycles. The second kappa shape index (κ2) is 7.22. The number of amides is 2. The minimum Gasteiger partial charge on any atom is -0.341 e. The van der Waals surface area contributed by atoms with Gasteiger partial charge in [-0.1, -0.05) is 0 Å². The first-order valence-corrected chi connectivity index (χ1v) is 7.89. The summed E-state index contributed by atoms with van der Waals surface area (Å²) in [6.07, 6.45) is 2.55. The van der Waals surface area contributed by atoms with Gasteiger partial charge in [-0.2, -0.15) is 0 Å². The summed E-state index contributed by atoms with van der Waals surface area (Å²) in [6.45, 7) is 3.76. The highest BCUT2D eigenvalue weighted by Gasteiger charge is 2.37. The number of nitrogens with one attached hydrogen (secondary N) is 1. The van der Waals surface area contributed by atoms with Gasteiger partial charge in [0, 0.05) is 45.2 Å². The Bertz CT molecular complexity index is 386. The molecule has 0 radical (unpaired) electrons. The van der Waals surface area contributed by atoms with Gasteiger partial charge in [0.15, 0.2) is 0 Å². The number of carbonyl (C=O) groups excluding carboxylic acids is 2. The van der Waals surface area contributed by atoms with Gasteiger partial charge in [0.2, 0.25) is 11.8 Å². The van der Waals surface area contributed by atoms with Crippen LogP contribution in [0.1, 0.15) is 19.3 Å². The molecule has 2 unspecified atom stereocenters. The molecule has 0 aliphatic carbocycles. The van der Waals surface area contributed by atoms with Crippen LogP contribution in [0.15, 0.2) is 0 Å². The van der Waals surface area contributed by atoms with E-state index in [-0.39, 0.29) is 17.7 Å². The first-order chi connectivity index (χ1) is 10.0. The molecule has 6 heteroatoms. The van der Waals surface area contributed by atoms with E-state index in [1.165, 1.54) is 0 Å². The van der Waals surface area contributed by atoms with Gasteiger partial charge in [-0.05, 0) is 34.0 Å². The molecule has 0 bridgehead atoms. The Hall–Kier alpha value is -1.14. The predicted octanol–water partition coefficient (Wildman–Crippen LogP) is -0.393. The van der Waals surface area contributed by atoms with Crippen molar-refractivity contribution >= 4 is 11.8 Å². The third kappa shape index (κ3) is 4.17. The van der Waals surface area contributed by atoms with Gasteiger partial charge >= 0.3 is 0 Å². The average Bonchev–Trinajstić information content (AvgIpc) is 2.85. The van der Waals surface area contributed by atoms with E-state index in [2.05, 4.69) is 10.2 Å². The number of rotatable bonds is 5. The van der Waals surface area contributed by atoms with E-state index in [0.717, 1.165) is 39.0 Å². The third-order valence-electron chi connectivity index (χ3n) is 4.52. The van der Waals surface area contributed by atoms with Crippen LogP contribution in [0, 0.1) is 5.92 Å². The smallest absolute Gasteiger partial charge is 0.228 e. The topological polar surface area (TPSA) is 55.9 Å². The molecule has 2 atom stereocenters. The molecule has 0 spiro atoms. The van der Waals surface area contributed by atoms with Crippen LogP contribution in [0.4, 0.5) is 0 Å². The standard InChI is InChI=1S/C15H28N4O2/c1-16-13-5-4-6-19(11-13)15(21)12-9-14(20)18(10-12)8-7-17(2)3/h12-13,16H,4-11H2,1-3H3. The van der Waals surface area contributed by atoms with Crippen molar-refractivity contribution in [2.45, 2.75) is 25.3 Å². The van der Waals surface area contributed by atoms with Crippen LogP contribution in [-0.4, -0.2) is 86.4 Å². The zero-order valence-corrected chi connectivity index (χ0v) is 13.5. The first-order valence-electron chi connectivity index (χ1n) is 7.89. The molecular weight excluding hydrogens is 268 g/mol. The summed E-state index contributed by atoms with van der Waals surface area (Å²) in [5, 5.41) is 3.25. The Labute approximate surface area is 127 Å². The number of likely N-dealkylation sites (N-methyl/N-ethyl adjacent to an activating group) is 2. The third-order valence-corrected chi connectivity index (χ3v) is 4.52. The summed E-state index contributed by atoms with van der Waals surface area (Å²) >= 11 is 0. The number of carbonyl (C=O) groups is 2. The molecule has 2 aliphatic rings. The maximum absolute atomic E-state index is 12.6.